The van der Waals surface area contributed by atoms with Crippen LogP contribution in [0.4, 0.5) is 0 Å². The van der Waals surface area contributed by atoms with E-state index in [0.717, 1.165) is 37.2 Å². The van der Waals surface area contributed by atoms with Gasteiger partial charge in [-0.25, -0.2) is 4.79 Å². The fourth-order valence-electron chi connectivity index (χ4n) is 3.24. The van der Waals surface area contributed by atoms with Gasteiger partial charge in [0.25, 0.3) is 0 Å². The number of fused-ring (bicyclic) bond motifs is 1. The Morgan fingerprint density at radius 1 is 1.43 bits per heavy atom. The van der Waals surface area contributed by atoms with Crippen LogP contribution in [0.15, 0.2) is 18.2 Å². The van der Waals surface area contributed by atoms with Crippen LogP contribution in [-0.4, -0.2) is 25.2 Å². The molecule has 1 N–H and O–H groups in total. The Morgan fingerprint density at radius 3 is 3.00 bits per heavy atom. The molecule has 4 heteroatoms. The smallest absolute Gasteiger partial charge is 0.327 e. The molecule has 0 radical (unpaired) electrons. The van der Waals surface area contributed by atoms with Crippen molar-refractivity contribution in [2.45, 2.75) is 51.1 Å². The first-order chi connectivity index (χ1) is 10.3. The molecule has 1 unspecified atom stereocenters. The average molecular weight is 289 g/mol. The Bertz CT molecular complexity index is 509. The molecule has 0 spiro atoms. The lowest BCUT2D eigenvalue weighted by molar-refractivity contribution is -0.146. The number of hydrogen-bond acceptors (Lipinski definition) is 4. The quantitative estimate of drug-likeness (QED) is 0.847. The minimum absolute atomic E-state index is 0.178. The maximum Gasteiger partial charge on any atom is 0.327 e. The molecule has 1 aliphatic heterocycles. The molecule has 1 aliphatic carbocycles. The van der Waals surface area contributed by atoms with Crippen molar-refractivity contribution in [3.63, 3.8) is 0 Å². The van der Waals surface area contributed by atoms with Gasteiger partial charge < -0.3 is 9.47 Å². The zero-order chi connectivity index (χ0) is 14.7. The Labute approximate surface area is 125 Å². The maximum absolute atomic E-state index is 12.3. The first kappa shape index (κ1) is 14.4. The maximum atomic E-state index is 12.3. The zero-order valence-corrected chi connectivity index (χ0v) is 12.6. The van der Waals surface area contributed by atoms with Gasteiger partial charge in [0.15, 0.2) is 0 Å². The van der Waals surface area contributed by atoms with Crippen molar-refractivity contribution in [3.05, 3.63) is 29.3 Å². The third-order valence-corrected chi connectivity index (χ3v) is 4.33. The topological polar surface area (TPSA) is 47.6 Å². The van der Waals surface area contributed by atoms with Crippen molar-refractivity contribution in [1.82, 2.24) is 5.32 Å². The summed E-state index contributed by atoms with van der Waals surface area (Å²) < 4.78 is 10.8. The van der Waals surface area contributed by atoms with Crippen molar-refractivity contribution >= 4 is 5.97 Å². The minimum atomic E-state index is -0.362. The van der Waals surface area contributed by atoms with E-state index in [9.17, 15) is 4.79 Å². The lowest BCUT2D eigenvalue weighted by Crippen LogP contribution is -2.36. The molecule has 114 valence electrons. The second kappa shape index (κ2) is 6.48. The van der Waals surface area contributed by atoms with E-state index in [0.29, 0.717) is 12.6 Å². The molecule has 0 amide bonds. The molecule has 1 saturated carbocycles. The van der Waals surface area contributed by atoms with Gasteiger partial charge in [0.2, 0.25) is 0 Å². The molecular formula is C17H23NO3. The normalized spacial score (nSPS) is 19.1. The fourth-order valence-corrected chi connectivity index (χ4v) is 3.24. The van der Waals surface area contributed by atoms with Crippen LogP contribution in [-0.2, 0) is 16.0 Å². The predicted octanol–water partition coefficient (Wildman–Crippen LogP) is 2.76. The number of hydrogen-bond donors (Lipinski definition) is 1. The third-order valence-electron chi connectivity index (χ3n) is 4.33. The highest BCUT2D eigenvalue weighted by Crippen LogP contribution is 2.30. The molecule has 0 aromatic heterocycles. The fraction of sp³-hybridized carbons (Fsp3) is 0.588. The Morgan fingerprint density at radius 2 is 2.24 bits per heavy atom. The van der Waals surface area contributed by atoms with Crippen molar-refractivity contribution in [1.29, 1.82) is 0 Å². The van der Waals surface area contributed by atoms with Gasteiger partial charge in [-0.1, -0.05) is 18.9 Å². The summed E-state index contributed by atoms with van der Waals surface area (Å²) in [6.07, 6.45) is 5.69. The van der Waals surface area contributed by atoms with E-state index in [1.807, 2.05) is 19.1 Å². The van der Waals surface area contributed by atoms with Gasteiger partial charge in [0, 0.05) is 12.5 Å². The Balaban J connectivity index is 1.81. The van der Waals surface area contributed by atoms with Gasteiger partial charge in [-0.2, -0.15) is 0 Å². The van der Waals surface area contributed by atoms with Crippen molar-refractivity contribution in [2.24, 2.45) is 0 Å². The predicted molar refractivity (Wildman–Crippen MR) is 80.4 cm³/mol. The number of rotatable bonds is 5. The molecule has 1 fully saturated rings. The summed E-state index contributed by atoms with van der Waals surface area (Å²) in [4.78, 5) is 12.3. The van der Waals surface area contributed by atoms with Gasteiger partial charge in [-0.3, -0.25) is 5.32 Å². The average Bonchev–Trinajstić information content (AvgIpc) is 3.15. The second-order valence-corrected chi connectivity index (χ2v) is 5.80. The van der Waals surface area contributed by atoms with Crippen LogP contribution >= 0.6 is 0 Å². The number of carbonyl (C=O) groups excluding carboxylic acids is 1. The summed E-state index contributed by atoms with van der Waals surface area (Å²) in [6.45, 7) is 3.00. The first-order valence-corrected chi connectivity index (χ1v) is 7.96. The summed E-state index contributed by atoms with van der Waals surface area (Å²) in [5.41, 5.74) is 2.18. The van der Waals surface area contributed by atoms with Crippen LogP contribution in [0.2, 0.25) is 0 Å². The lowest BCUT2D eigenvalue weighted by Gasteiger charge is -2.22. The van der Waals surface area contributed by atoms with Crippen LogP contribution in [0.5, 0.6) is 5.75 Å². The van der Waals surface area contributed by atoms with Crippen LogP contribution in [0.25, 0.3) is 0 Å². The molecule has 1 heterocycles. The Hall–Kier alpha value is -1.55. The van der Waals surface area contributed by atoms with Crippen molar-refractivity contribution < 1.29 is 14.3 Å². The lowest BCUT2D eigenvalue weighted by atomic mass is 10.0. The van der Waals surface area contributed by atoms with Gasteiger partial charge in [-0.05, 0) is 43.0 Å². The molecule has 21 heavy (non-hydrogen) atoms. The summed E-state index contributed by atoms with van der Waals surface area (Å²) in [5, 5.41) is 3.49. The third kappa shape index (κ3) is 3.21. The highest BCUT2D eigenvalue weighted by molar-refractivity contribution is 5.78. The molecular weight excluding hydrogens is 266 g/mol. The van der Waals surface area contributed by atoms with Crippen LogP contribution in [0.3, 0.4) is 0 Å². The van der Waals surface area contributed by atoms with Gasteiger partial charge in [-0.15, -0.1) is 0 Å². The van der Waals surface area contributed by atoms with Crippen molar-refractivity contribution in [2.75, 3.05) is 13.2 Å². The molecule has 1 atom stereocenters. The van der Waals surface area contributed by atoms with E-state index in [1.165, 1.54) is 18.4 Å². The molecule has 3 rings (SSSR count). The zero-order valence-electron chi connectivity index (χ0n) is 12.6. The molecule has 0 saturated heterocycles. The van der Waals surface area contributed by atoms with E-state index >= 15 is 0 Å². The largest absolute Gasteiger partial charge is 0.493 e. The SMILES string of the molecule is CCOC(=O)C(NC1CCCC1)c1ccc2c(c1)CCO2. The standard InChI is InChI=1S/C17H23NO3/c1-2-20-17(19)16(18-14-5-3-4-6-14)13-7-8-15-12(11-13)9-10-21-15/h7-8,11,14,16,18H,2-6,9-10H2,1H3. The highest BCUT2D eigenvalue weighted by Gasteiger charge is 2.27. The summed E-state index contributed by atoms with van der Waals surface area (Å²) >= 11 is 0. The highest BCUT2D eigenvalue weighted by atomic mass is 16.5. The number of esters is 1. The van der Waals surface area contributed by atoms with E-state index in [-0.39, 0.29) is 12.0 Å². The second-order valence-electron chi connectivity index (χ2n) is 5.80. The number of benzene rings is 1. The van der Waals surface area contributed by atoms with Gasteiger partial charge in [0.1, 0.15) is 11.8 Å². The monoisotopic (exact) mass is 289 g/mol. The summed E-state index contributed by atoms with van der Waals surface area (Å²) in [5.74, 6) is 0.769. The van der Waals surface area contributed by atoms with E-state index < -0.39 is 0 Å². The number of ether oxygens (including phenoxy) is 2. The van der Waals surface area contributed by atoms with Crippen molar-refractivity contribution in [3.8, 4) is 5.75 Å². The Kier molecular flexibility index (Phi) is 4.44. The van der Waals surface area contributed by atoms with Gasteiger partial charge in [0.05, 0.1) is 13.2 Å². The van der Waals surface area contributed by atoms with E-state index in [4.69, 9.17) is 9.47 Å². The van der Waals surface area contributed by atoms with E-state index in [2.05, 4.69) is 11.4 Å². The van der Waals surface area contributed by atoms with Crippen LogP contribution in [0.1, 0.15) is 49.8 Å². The minimum Gasteiger partial charge on any atom is -0.493 e. The molecule has 1 aromatic rings. The molecule has 4 nitrogen and oxygen atoms in total. The number of nitrogens with one attached hydrogen (secondary N) is 1. The summed E-state index contributed by atoms with van der Waals surface area (Å²) in [7, 11) is 0. The summed E-state index contributed by atoms with van der Waals surface area (Å²) in [6, 6.07) is 6.10. The van der Waals surface area contributed by atoms with Crippen LogP contribution < -0.4 is 10.1 Å². The molecule has 2 aliphatic rings. The number of carbonyl (C=O) groups is 1. The van der Waals surface area contributed by atoms with E-state index in [1.54, 1.807) is 0 Å². The van der Waals surface area contributed by atoms with Crippen LogP contribution in [0, 0.1) is 0 Å². The molecule has 0 bridgehead atoms. The first-order valence-electron chi connectivity index (χ1n) is 7.96. The molecule has 1 aromatic carbocycles. The van der Waals surface area contributed by atoms with Gasteiger partial charge >= 0.3 is 5.97 Å².